The third-order valence-corrected chi connectivity index (χ3v) is 2.86. The lowest BCUT2D eigenvalue weighted by atomic mass is 9.91. The van der Waals surface area contributed by atoms with Crippen LogP contribution in [0.15, 0.2) is 12.2 Å². The van der Waals surface area contributed by atoms with Crippen LogP contribution in [-0.2, 0) is 0 Å². The van der Waals surface area contributed by atoms with Crippen LogP contribution in [0.25, 0.3) is 0 Å². The molecule has 1 saturated heterocycles. The molecule has 1 heterocycles. The highest BCUT2D eigenvalue weighted by atomic mass is 16.3. The summed E-state index contributed by atoms with van der Waals surface area (Å²) in [6.45, 7) is 7.34. The monoisotopic (exact) mass is 169 g/mol. The van der Waals surface area contributed by atoms with Crippen molar-refractivity contribution < 1.29 is 5.11 Å². The van der Waals surface area contributed by atoms with Gasteiger partial charge in [-0.25, -0.2) is 0 Å². The maximum absolute atomic E-state index is 9.35. The zero-order chi connectivity index (χ0) is 9.19. The smallest absolute Gasteiger partial charge is 0.0618 e. The predicted molar refractivity (Wildman–Crippen MR) is 51.1 cm³/mol. The zero-order valence-electron chi connectivity index (χ0n) is 8.14. The molecule has 0 aromatic carbocycles. The third-order valence-electron chi connectivity index (χ3n) is 2.86. The molecule has 0 aromatic rings. The quantitative estimate of drug-likeness (QED) is 0.646. The summed E-state index contributed by atoms with van der Waals surface area (Å²) in [7, 11) is 2.07. The molecular formula is C10H19NO. The number of aliphatic hydroxyl groups excluding tert-OH is 1. The molecule has 0 radical (unpaired) electrons. The molecule has 0 aliphatic carbocycles. The van der Waals surface area contributed by atoms with E-state index in [-0.39, 0.29) is 12.1 Å². The van der Waals surface area contributed by atoms with Gasteiger partial charge in [0.1, 0.15) is 0 Å². The summed E-state index contributed by atoms with van der Waals surface area (Å²) in [5, 5.41) is 9.35. The van der Waals surface area contributed by atoms with Gasteiger partial charge in [-0.05, 0) is 19.9 Å². The summed E-state index contributed by atoms with van der Waals surface area (Å²) in [5.74, 6) is 0. The maximum atomic E-state index is 9.35. The van der Waals surface area contributed by atoms with Gasteiger partial charge in [0.05, 0.1) is 6.61 Å². The minimum Gasteiger partial charge on any atom is -0.394 e. The molecule has 2 nitrogen and oxygen atoms in total. The summed E-state index contributed by atoms with van der Waals surface area (Å²) in [6, 6.07) is 0. The van der Waals surface area contributed by atoms with Gasteiger partial charge in [-0.3, -0.25) is 4.90 Å². The summed E-state index contributed by atoms with van der Waals surface area (Å²) in [6.07, 6.45) is 3.16. The Morgan fingerprint density at radius 2 is 2.33 bits per heavy atom. The second kappa shape index (κ2) is 3.58. The van der Waals surface area contributed by atoms with Crippen molar-refractivity contribution in [1.82, 2.24) is 4.90 Å². The molecule has 1 N–H and O–H groups in total. The van der Waals surface area contributed by atoms with E-state index in [2.05, 4.69) is 25.5 Å². The first-order valence-corrected chi connectivity index (χ1v) is 4.63. The van der Waals surface area contributed by atoms with Crippen molar-refractivity contribution in [3.05, 3.63) is 12.2 Å². The van der Waals surface area contributed by atoms with Crippen LogP contribution in [0.4, 0.5) is 0 Å². The molecule has 1 aliphatic rings. The standard InChI is InChI=1S/C10H19NO/c1-4-5-10(8-12)6-9(2)7-11(10)3/h12H,2,4-8H2,1,3H3. The Kier molecular flexibility index (Phi) is 2.91. The van der Waals surface area contributed by atoms with Crippen LogP contribution >= 0.6 is 0 Å². The van der Waals surface area contributed by atoms with Gasteiger partial charge < -0.3 is 5.11 Å². The Bertz CT molecular complexity index is 179. The van der Waals surface area contributed by atoms with E-state index in [1.54, 1.807) is 0 Å². The van der Waals surface area contributed by atoms with E-state index in [0.29, 0.717) is 0 Å². The van der Waals surface area contributed by atoms with Crippen molar-refractivity contribution in [1.29, 1.82) is 0 Å². The van der Waals surface area contributed by atoms with Crippen LogP contribution in [0.1, 0.15) is 26.2 Å². The molecule has 1 aliphatic heterocycles. The second-order valence-corrected chi connectivity index (χ2v) is 3.92. The molecule has 0 bridgehead atoms. The molecule has 1 rings (SSSR count). The van der Waals surface area contributed by atoms with E-state index in [9.17, 15) is 5.11 Å². The number of hydrogen-bond acceptors (Lipinski definition) is 2. The lowest BCUT2D eigenvalue weighted by Crippen LogP contribution is -2.44. The minimum atomic E-state index is 0.00579. The fourth-order valence-corrected chi connectivity index (χ4v) is 2.16. The van der Waals surface area contributed by atoms with Gasteiger partial charge in [0.15, 0.2) is 0 Å². The number of aliphatic hydroxyl groups is 1. The largest absolute Gasteiger partial charge is 0.394 e. The van der Waals surface area contributed by atoms with Crippen LogP contribution in [0.3, 0.4) is 0 Å². The molecule has 2 heteroatoms. The summed E-state index contributed by atoms with van der Waals surface area (Å²) >= 11 is 0. The van der Waals surface area contributed by atoms with Crippen LogP contribution in [0.2, 0.25) is 0 Å². The molecule has 12 heavy (non-hydrogen) atoms. The lowest BCUT2D eigenvalue weighted by molar-refractivity contribution is 0.0755. The molecule has 0 spiro atoms. The van der Waals surface area contributed by atoms with Gasteiger partial charge >= 0.3 is 0 Å². The van der Waals surface area contributed by atoms with Gasteiger partial charge in [-0.2, -0.15) is 0 Å². The minimum absolute atomic E-state index is 0.00579. The Morgan fingerprint density at radius 1 is 1.67 bits per heavy atom. The summed E-state index contributed by atoms with van der Waals surface area (Å²) < 4.78 is 0. The molecule has 0 amide bonds. The number of hydrogen-bond donors (Lipinski definition) is 1. The van der Waals surface area contributed by atoms with Gasteiger partial charge in [-0.1, -0.05) is 25.5 Å². The van der Waals surface area contributed by atoms with E-state index in [4.69, 9.17) is 0 Å². The molecular weight excluding hydrogens is 150 g/mol. The van der Waals surface area contributed by atoms with Crippen LogP contribution < -0.4 is 0 Å². The van der Waals surface area contributed by atoms with Gasteiger partial charge in [0, 0.05) is 12.1 Å². The first-order valence-electron chi connectivity index (χ1n) is 4.63. The Morgan fingerprint density at radius 3 is 2.67 bits per heavy atom. The zero-order valence-corrected chi connectivity index (χ0v) is 8.14. The fraction of sp³-hybridized carbons (Fsp3) is 0.800. The number of likely N-dealkylation sites (N-methyl/N-ethyl adjacent to an activating group) is 1. The van der Waals surface area contributed by atoms with Crippen molar-refractivity contribution in [3.63, 3.8) is 0 Å². The molecule has 1 unspecified atom stereocenters. The third kappa shape index (κ3) is 1.54. The molecule has 1 fully saturated rings. The van der Waals surface area contributed by atoms with E-state index >= 15 is 0 Å². The van der Waals surface area contributed by atoms with Crippen LogP contribution in [0.5, 0.6) is 0 Å². The van der Waals surface area contributed by atoms with Crippen molar-refractivity contribution in [2.75, 3.05) is 20.2 Å². The number of rotatable bonds is 3. The molecule has 0 aromatic heterocycles. The van der Waals surface area contributed by atoms with Crippen molar-refractivity contribution in [2.24, 2.45) is 0 Å². The van der Waals surface area contributed by atoms with Crippen molar-refractivity contribution >= 4 is 0 Å². The molecule has 0 saturated carbocycles. The summed E-state index contributed by atoms with van der Waals surface area (Å²) in [4.78, 5) is 2.23. The topological polar surface area (TPSA) is 23.5 Å². The normalized spacial score (nSPS) is 31.4. The van der Waals surface area contributed by atoms with E-state index < -0.39 is 0 Å². The van der Waals surface area contributed by atoms with Gasteiger partial charge in [0.2, 0.25) is 0 Å². The molecule has 70 valence electrons. The van der Waals surface area contributed by atoms with Crippen molar-refractivity contribution in [2.45, 2.75) is 31.7 Å². The van der Waals surface area contributed by atoms with E-state index in [0.717, 1.165) is 25.8 Å². The van der Waals surface area contributed by atoms with Gasteiger partial charge in [-0.15, -0.1) is 0 Å². The van der Waals surface area contributed by atoms with Crippen LogP contribution in [0, 0.1) is 0 Å². The second-order valence-electron chi connectivity index (χ2n) is 3.92. The summed E-state index contributed by atoms with van der Waals surface area (Å²) in [5.41, 5.74) is 1.26. The average molecular weight is 169 g/mol. The highest BCUT2D eigenvalue weighted by molar-refractivity contribution is 5.14. The first kappa shape index (κ1) is 9.75. The maximum Gasteiger partial charge on any atom is 0.0618 e. The highest BCUT2D eigenvalue weighted by Crippen LogP contribution is 2.33. The Labute approximate surface area is 74.9 Å². The Balaban J connectivity index is 2.71. The number of likely N-dealkylation sites (tertiary alicyclic amines) is 1. The van der Waals surface area contributed by atoms with E-state index in [1.165, 1.54) is 5.57 Å². The van der Waals surface area contributed by atoms with Gasteiger partial charge in [0.25, 0.3) is 0 Å². The fourth-order valence-electron chi connectivity index (χ4n) is 2.16. The molecule has 1 atom stereocenters. The van der Waals surface area contributed by atoms with Crippen molar-refractivity contribution in [3.8, 4) is 0 Å². The predicted octanol–water partition coefficient (Wildman–Crippen LogP) is 1.41. The Hall–Kier alpha value is -0.340. The first-order chi connectivity index (χ1) is 5.64. The number of nitrogens with zero attached hydrogens (tertiary/aromatic N) is 1. The van der Waals surface area contributed by atoms with Crippen LogP contribution in [-0.4, -0.2) is 35.7 Å². The SMILES string of the molecule is C=C1CN(C)C(CO)(CCC)C1. The highest BCUT2D eigenvalue weighted by Gasteiger charge is 2.38. The lowest BCUT2D eigenvalue weighted by Gasteiger charge is -2.33. The average Bonchev–Trinajstić information content (AvgIpc) is 2.28. The van der Waals surface area contributed by atoms with E-state index in [1.807, 2.05) is 0 Å².